The first-order valence-electron chi connectivity index (χ1n) is 5.60. The first kappa shape index (κ1) is 10.1. The van der Waals surface area contributed by atoms with Crippen molar-refractivity contribution in [2.45, 2.75) is 13.8 Å². The zero-order valence-electron chi connectivity index (χ0n) is 9.42. The van der Waals surface area contributed by atoms with E-state index in [1.165, 1.54) is 11.4 Å². The molecule has 0 bridgehead atoms. The molecule has 3 nitrogen and oxygen atoms in total. The van der Waals surface area contributed by atoms with Crippen molar-refractivity contribution in [1.82, 2.24) is 0 Å². The minimum absolute atomic E-state index is 0.721. The lowest BCUT2D eigenvalue weighted by molar-refractivity contribution is 0.340. The number of rotatable bonds is 3. The van der Waals surface area contributed by atoms with E-state index in [-0.39, 0.29) is 0 Å². The largest absolute Gasteiger partial charge is 0.494 e. The van der Waals surface area contributed by atoms with Crippen molar-refractivity contribution in [2.24, 2.45) is 0 Å². The Morgan fingerprint density at radius 2 is 2.27 bits per heavy atom. The van der Waals surface area contributed by atoms with E-state index in [1.54, 1.807) is 0 Å². The number of hydrogen-bond donors (Lipinski definition) is 1. The van der Waals surface area contributed by atoms with Gasteiger partial charge in [0.1, 0.15) is 5.75 Å². The Morgan fingerprint density at radius 1 is 1.40 bits per heavy atom. The van der Waals surface area contributed by atoms with Crippen LogP contribution in [0.3, 0.4) is 0 Å². The predicted octanol–water partition coefficient (Wildman–Crippen LogP) is 2.34. The summed E-state index contributed by atoms with van der Waals surface area (Å²) in [6.45, 7) is 8.05. The number of anilines is 2. The highest BCUT2D eigenvalue weighted by molar-refractivity contribution is 5.73. The van der Waals surface area contributed by atoms with Crippen molar-refractivity contribution >= 4 is 11.4 Å². The van der Waals surface area contributed by atoms with Gasteiger partial charge in [0.15, 0.2) is 0 Å². The monoisotopic (exact) mass is 206 g/mol. The van der Waals surface area contributed by atoms with Crippen LogP contribution in [-0.2, 0) is 0 Å². The molecule has 1 aliphatic heterocycles. The van der Waals surface area contributed by atoms with Gasteiger partial charge in [-0.3, -0.25) is 0 Å². The molecule has 0 saturated heterocycles. The Balaban J connectivity index is 2.30. The van der Waals surface area contributed by atoms with Crippen molar-refractivity contribution in [1.29, 1.82) is 0 Å². The molecule has 1 aromatic carbocycles. The molecule has 2 rings (SSSR count). The molecule has 0 radical (unpaired) electrons. The van der Waals surface area contributed by atoms with Crippen molar-refractivity contribution in [3.63, 3.8) is 0 Å². The molecule has 3 heteroatoms. The summed E-state index contributed by atoms with van der Waals surface area (Å²) in [5.74, 6) is 0.957. The number of likely N-dealkylation sites (N-methyl/N-ethyl adjacent to an activating group) is 1. The van der Waals surface area contributed by atoms with Crippen LogP contribution in [-0.4, -0.2) is 26.2 Å². The molecule has 0 unspecified atom stereocenters. The van der Waals surface area contributed by atoms with E-state index in [9.17, 15) is 0 Å². The molecule has 0 aromatic heterocycles. The van der Waals surface area contributed by atoms with Gasteiger partial charge in [-0.25, -0.2) is 0 Å². The summed E-state index contributed by atoms with van der Waals surface area (Å²) in [7, 11) is 0. The van der Waals surface area contributed by atoms with Gasteiger partial charge >= 0.3 is 0 Å². The fourth-order valence-corrected chi connectivity index (χ4v) is 1.95. The quantitative estimate of drug-likeness (QED) is 0.821. The van der Waals surface area contributed by atoms with Crippen LogP contribution in [0, 0.1) is 0 Å². The lowest BCUT2D eigenvalue weighted by Gasteiger charge is -2.31. The Labute approximate surface area is 91.0 Å². The molecule has 1 N–H and O–H groups in total. The molecular formula is C12H18N2O. The normalized spacial score (nSPS) is 14.4. The molecule has 1 aliphatic rings. The summed E-state index contributed by atoms with van der Waals surface area (Å²) in [6.07, 6.45) is 0. The van der Waals surface area contributed by atoms with E-state index in [0.717, 1.165) is 32.0 Å². The van der Waals surface area contributed by atoms with Gasteiger partial charge in [0.2, 0.25) is 0 Å². The summed E-state index contributed by atoms with van der Waals surface area (Å²) in [6, 6.07) is 6.24. The fraction of sp³-hybridized carbons (Fsp3) is 0.500. The number of benzene rings is 1. The molecule has 1 heterocycles. The van der Waals surface area contributed by atoms with E-state index in [1.807, 2.05) is 13.0 Å². The van der Waals surface area contributed by atoms with E-state index in [4.69, 9.17) is 4.74 Å². The van der Waals surface area contributed by atoms with E-state index >= 15 is 0 Å². The van der Waals surface area contributed by atoms with Gasteiger partial charge in [0.05, 0.1) is 18.0 Å². The van der Waals surface area contributed by atoms with Gasteiger partial charge in [-0.15, -0.1) is 0 Å². The third-order valence-electron chi connectivity index (χ3n) is 2.70. The molecule has 0 spiro atoms. The second-order valence-corrected chi connectivity index (χ2v) is 3.62. The fourth-order valence-electron chi connectivity index (χ4n) is 1.95. The Bertz CT molecular complexity index is 338. The maximum atomic E-state index is 5.51. The second kappa shape index (κ2) is 4.43. The topological polar surface area (TPSA) is 24.5 Å². The van der Waals surface area contributed by atoms with Crippen LogP contribution < -0.4 is 15.0 Å². The van der Waals surface area contributed by atoms with Crippen LogP contribution in [0.1, 0.15) is 13.8 Å². The van der Waals surface area contributed by atoms with Gasteiger partial charge in [0, 0.05) is 25.7 Å². The second-order valence-electron chi connectivity index (χ2n) is 3.62. The predicted molar refractivity (Wildman–Crippen MR) is 64.0 cm³/mol. The van der Waals surface area contributed by atoms with Crippen molar-refractivity contribution in [3.8, 4) is 5.75 Å². The Kier molecular flexibility index (Phi) is 2.99. The zero-order valence-corrected chi connectivity index (χ0v) is 9.42. The number of fused-ring (bicyclic) bond motifs is 1. The van der Waals surface area contributed by atoms with Crippen LogP contribution in [0.2, 0.25) is 0 Å². The third kappa shape index (κ3) is 2.01. The standard InChI is InChI=1S/C12H18N2O/c1-3-14-8-7-13-11-6-5-10(15-4-2)9-12(11)14/h5-6,9,13H,3-4,7-8H2,1-2H3. The van der Waals surface area contributed by atoms with Crippen LogP contribution >= 0.6 is 0 Å². The third-order valence-corrected chi connectivity index (χ3v) is 2.70. The van der Waals surface area contributed by atoms with Gasteiger partial charge in [-0.05, 0) is 26.0 Å². The van der Waals surface area contributed by atoms with Crippen molar-refractivity contribution in [2.75, 3.05) is 36.5 Å². The minimum Gasteiger partial charge on any atom is -0.494 e. The molecule has 15 heavy (non-hydrogen) atoms. The van der Waals surface area contributed by atoms with E-state index in [0.29, 0.717) is 0 Å². The molecule has 0 fully saturated rings. The van der Waals surface area contributed by atoms with Crippen molar-refractivity contribution in [3.05, 3.63) is 18.2 Å². The maximum absolute atomic E-state index is 5.51. The molecule has 82 valence electrons. The van der Waals surface area contributed by atoms with Gasteiger partial charge in [0.25, 0.3) is 0 Å². The maximum Gasteiger partial charge on any atom is 0.121 e. The molecule has 0 aliphatic carbocycles. The van der Waals surface area contributed by atoms with Crippen LogP contribution in [0.5, 0.6) is 5.75 Å². The van der Waals surface area contributed by atoms with Gasteiger partial charge in [-0.1, -0.05) is 0 Å². The van der Waals surface area contributed by atoms with E-state index < -0.39 is 0 Å². The Morgan fingerprint density at radius 3 is 3.00 bits per heavy atom. The van der Waals surface area contributed by atoms with Crippen LogP contribution in [0.15, 0.2) is 18.2 Å². The SMILES string of the molecule is CCOc1ccc2c(c1)N(CC)CCN2. The summed E-state index contributed by atoms with van der Waals surface area (Å²) < 4.78 is 5.51. The Hall–Kier alpha value is -1.38. The number of hydrogen-bond acceptors (Lipinski definition) is 3. The van der Waals surface area contributed by atoms with Gasteiger partial charge < -0.3 is 15.0 Å². The molecule has 0 amide bonds. The highest BCUT2D eigenvalue weighted by atomic mass is 16.5. The molecule has 0 saturated carbocycles. The summed E-state index contributed by atoms with van der Waals surface area (Å²) in [5.41, 5.74) is 2.47. The smallest absolute Gasteiger partial charge is 0.121 e. The van der Waals surface area contributed by atoms with Crippen molar-refractivity contribution < 1.29 is 4.74 Å². The summed E-state index contributed by atoms with van der Waals surface area (Å²) in [4.78, 5) is 2.37. The number of ether oxygens (including phenoxy) is 1. The minimum atomic E-state index is 0.721. The number of nitrogens with zero attached hydrogens (tertiary/aromatic N) is 1. The van der Waals surface area contributed by atoms with Gasteiger partial charge in [-0.2, -0.15) is 0 Å². The van der Waals surface area contributed by atoms with Crippen LogP contribution in [0.25, 0.3) is 0 Å². The summed E-state index contributed by atoms with van der Waals surface area (Å²) >= 11 is 0. The molecule has 0 atom stereocenters. The lowest BCUT2D eigenvalue weighted by Crippen LogP contribution is -2.33. The summed E-state index contributed by atoms with van der Waals surface area (Å²) in [5, 5.41) is 3.40. The highest BCUT2D eigenvalue weighted by Crippen LogP contribution is 2.32. The molecular weight excluding hydrogens is 188 g/mol. The lowest BCUT2D eigenvalue weighted by atomic mass is 10.2. The average Bonchev–Trinajstić information content (AvgIpc) is 2.28. The number of nitrogens with one attached hydrogen (secondary N) is 1. The molecule has 1 aromatic rings. The average molecular weight is 206 g/mol. The zero-order chi connectivity index (χ0) is 10.7. The highest BCUT2D eigenvalue weighted by Gasteiger charge is 2.15. The van der Waals surface area contributed by atoms with E-state index in [2.05, 4.69) is 29.3 Å². The first-order valence-corrected chi connectivity index (χ1v) is 5.60. The van der Waals surface area contributed by atoms with Crippen LogP contribution in [0.4, 0.5) is 11.4 Å². The first-order chi connectivity index (χ1) is 7.35.